The highest BCUT2D eigenvalue weighted by Gasteiger charge is 2.24. The molecule has 86 valence electrons. The Hall–Kier alpha value is -2.10. The minimum absolute atomic E-state index is 0.146. The zero-order chi connectivity index (χ0) is 12.0. The summed E-state index contributed by atoms with van der Waals surface area (Å²) in [7, 11) is 0. The van der Waals surface area contributed by atoms with Crippen LogP contribution in [-0.2, 0) is 6.42 Å². The van der Waals surface area contributed by atoms with Gasteiger partial charge in [-0.3, -0.25) is 9.78 Å². The lowest BCUT2D eigenvalue weighted by molar-refractivity contribution is 0.726. The Morgan fingerprint density at radius 2 is 2.18 bits per heavy atom. The highest BCUT2D eigenvalue weighted by atomic mass is 16.1. The van der Waals surface area contributed by atoms with Crippen molar-refractivity contribution in [1.29, 1.82) is 0 Å². The Bertz CT molecular complexity index is 645. The summed E-state index contributed by atoms with van der Waals surface area (Å²) in [6, 6.07) is 7.98. The number of nitrogens with one attached hydrogen (secondary N) is 1. The normalized spacial score (nSPS) is 17.4. The quantitative estimate of drug-likeness (QED) is 0.719. The van der Waals surface area contributed by atoms with Gasteiger partial charge in [0.05, 0.1) is 11.3 Å². The fourth-order valence-electron chi connectivity index (χ4n) is 2.52. The van der Waals surface area contributed by atoms with Crippen LogP contribution in [0.2, 0.25) is 0 Å². The van der Waals surface area contributed by atoms with Crippen molar-refractivity contribution in [2.45, 2.75) is 19.3 Å². The van der Waals surface area contributed by atoms with Gasteiger partial charge in [-0.2, -0.15) is 0 Å². The average molecular weight is 227 g/mol. The minimum Gasteiger partial charge on any atom is -0.369 e. The third-order valence-corrected chi connectivity index (χ3v) is 3.27. The first-order valence-corrected chi connectivity index (χ1v) is 5.65. The number of hydrogen-bond donors (Lipinski definition) is 2. The molecule has 4 nitrogen and oxygen atoms in total. The maximum atomic E-state index is 12.0. The predicted octanol–water partition coefficient (Wildman–Crippen LogP) is 1.68. The minimum atomic E-state index is -0.146. The van der Waals surface area contributed by atoms with Gasteiger partial charge in [0, 0.05) is 0 Å². The van der Waals surface area contributed by atoms with Crippen LogP contribution in [0.4, 0.5) is 5.95 Å². The van der Waals surface area contributed by atoms with Gasteiger partial charge >= 0.3 is 0 Å². The summed E-state index contributed by atoms with van der Waals surface area (Å²) >= 11 is 0. The lowest BCUT2D eigenvalue weighted by atomic mass is 9.82. The summed E-state index contributed by atoms with van der Waals surface area (Å²) in [6.45, 7) is 2.14. The summed E-state index contributed by atoms with van der Waals surface area (Å²) < 4.78 is 0. The van der Waals surface area contributed by atoms with Crippen LogP contribution in [0.15, 0.2) is 29.1 Å². The van der Waals surface area contributed by atoms with E-state index in [4.69, 9.17) is 5.73 Å². The van der Waals surface area contributed by atoms with Gasteiger partial charge in [-0.1, -0.05) is 31.2 Å². The van der Waals surface area contributed by atoms with Gasteiger partial charge in [0.1, 0.15) is 0 Å². The Balaban J connectivity index is 2.37. The van der Waals surface area contributed by atoms with Crippen LogP contribution in [0, 0.1) is 0 Å². The van der Waals surface area contributed by atoms with E-state index >= 15 is 0 Å². The summed E-state index contributed by atoms with van der Waals surface area (Å²) in [5, 5.41) is 0. The second kappa shape index (κ2) is 3.45. The van der Waals surface area contributed by atoms with Crippen LogP contribution in [0.25, 0.3) is 11.1 Å². The molecular weight excluding hydrogens is 214 g/mol. The van der Waals surface area contributed by atoms with E-state index in [1.807, 2.05) is 18.2 Å². The van der Waals surface area contributed by atoms with E-state index in [-0.39, 0.29) is 11.5 Å². The number of rotatable bonds is 0. The number of fused-ring (bicyclic) bond motifs is 3. The molecule has 0 saturated carbocycles. The molecule has 1 aliphatic rings. The number of nitrogens with two attached hydrogens (primary N) is 1. The molecule has 3 rings (SSSR count). The van der Waals surface area contributed by atoms with Gasteiger partial charge in [0.2, 0.25) is 5.95 Å². The Kier molecular flexibility index (Phi) is 2.04. The fourth-order valence-corrected chi connectivity index (χ4v) is 2.52. The molecule has 0 aliphatic heterocycles. The monoisotopic (exact) mass is 227 g/mol. The molecule has 1 heterocycles. The van der Waals surface area contributed by atoms with Gasteiger partial charge in [-0.15, -0.1) is 0 Å². The van der Waals surface area contributed by atoms with Crippen LogP contribution in [-0.4, -0.2) is 9.97 Å². The number of H-pyrrole nitrogens is 1. The molecule has 1 aromatic heterocycles. The van der Waals surface area contributed by atoms with Crippen molar-refractivity contribution in [3.63, 3.8) is 0 Å². The number of anilines is 1. The number of nitrogens with zero attached hydrogens (tertiary/aromatic N) is 1. The SMILES string of the molecule is C[C@H]1Cc2nc(N)[nH]c(=O)c2-c2ccccc21. The molecule has 0 fully saturated rings. The molecule has 1 atom stereocenters. The standard InChI is InChI=1S/C13H13N3O/c1-7-6-10-11(12(17)16-13(14)15-10)9-5-3-2-4-8(7)9/h2-5,7H,6H2,1H3,(H3,14,15,16,17)/t7-/m0/s1. The van der Waals surface area contributed by atoms with E-state index in [1.54, 1.807) is 0 Å². The smallest absolute Gasteiger partial charge is 0.260 e. The summed E-state index contributed by atoms with van der Waals surface area (Å²) in [6.07, 6.45) is 0.764. The molecule has 17 heavy (non-hydrogen) atoms. The lowest BCUT2D eigenvalue weighted by Crippen LogP contribution is -2.22. The second-order valence-corrected chi connectivity index (χ2v) is 4.47. The predicted molar refractivity (Wildman–Crippen MR) is 66.8 cm³/mol. The van der Waals surface area contributed by atoms with Gasteiger partial charge in [-0.25, -0.2) is 4.98 Å². The van der Waals surface area contributed by atoms with Crippen LogP contribution < -0.4 is 11.3 Å². The lowest BCUT2D eigenvalue weighted by Gasteiger charge is -2.23. The van der Waals surface area contributed by atoms with E-state index in [1.165, 1.54) is 5.56 Å². The molecule has 3 N–H and O–H groups in total. The van der Waals surface area contributed by atoms with Crippen LogP contribution >= 0.6 is 0 Å². The van der Waals surface area contributed by atoms with Crippen molar-refractivity contribution >= 4 is 5.95 Å². The maximum absolute atomic E-state index is 12.0. The number of benzene rings is 1. The first kappa shape index (κ1) is 10.1. The summed E-state index contributed by atoms with van der Waals surface area (Å²) in [5.41, 5.74) is 9.10. The van der Waals surface area contributed by atoms with Crippen molar-refractivity contribution in [3.8, 4) is 11.1 Å². The largest absolute Gasteiger partial charge is 0.369 e. The molecule has 0 bridgehead atoms. The summed E-state index contributed by atoms with van der Waals surface area (Å²) in [4.78, 5) is 18.8. The van der Waals surface area contributed by atoms with Gasteiger partial charge in [-0.05, 0) is 23.5 Å². The van der Waals surface area contributed by atoms with E-state index in [0.717, 1.165) is 17.7 Å². The van der Waals surface area contributed by atoms with Gasteiger partial charge in [0.25, 0.3) is 5.56 Å². The number of nitrogen functional groups attached to an aromatic ring is 1. The number of aromatic amines is 1. The average Bonchev–Trinajstić information content (AvgIpc) is 2.28. The molecule has 0 spiro atoms. The van der Waals surface area contributed by atoms with Crippen LogP contribution in [0.5, 0.6) is 0 Å². The van der Waals surface area contributed by atoms with E-state index in [9.17, 15) is 4.79 Å². The first-order chi connectivity index (χ1) is 8.16. The molecule has 1 aromatic carbocycles. The molecular formula is C13H13N3O. The highest BCUT2D eigenvalue weighted by molar-refractivity contribution is 5.72. The molecule has 1 aliphatic carbocycles. The number of hydrogen-bond acceptors (Lipinski definition) is 3. The highest BCUT2D eigenvalue weighted by Crippen LogP contribution is 2.36. The Morgan fingerprint density at radius 1 is 1.41 bits per heavy atom. The van der Waals surface area contributed by atoms with Crippen molar-refractivity contribution in [1.82, 2.24) is 9.97 Å². The van der Waals surface area contributed by atoms with Gasteiger partial charge < -0.3 is 5.73 Å². The second-order valence-electron chi connectivity index (χ2n) is 4.47. The number of aromatic nitrogens is 2. The maximum Gasteiger partial charge on any atom is 0.260 e. The molecule has 4 heteroatoms. The molecule has 0 saturated heterocycles. The Morgan fingerprint density at radius 3 is 3.00 bits per heavy atom. The van der Waals surface area contributed by atoms with Gasteiger partial charge in [0.15, 0.2) is 0 Å². The third kappa shape index (κ3) is 1.45. The molecule has 2 aromatic rings. The van der Waals surface area contributed by atoms with Crippen molar-refractivity contribution in [3.05, 3.63) is 45.9 Å². The summed E-state index contributed by atoms with van der Waals surface area (Å²) in [5.74, 6) is 0.563. The van der Waals surface area contributed by atoms with Crippen LogP contribution in [0.1, 0.15) is 24.1 Å². The molecule has 0 amide bonds. The van der Waals surface area contributed by atoms with E-state index in [2.05, 4.69) is 23.0 Å². The third-order valence-electron chi connectivity index (χ3n) is 3.27. The van der Waals surface area contributed by atoms with Crippen molar-refractivity contribution in [2.24, 2.45) is 0 Å². The Labute approximate surface area is 98.5 Å². The van der Waals surface area contributed by atoms with Crippen molar-refractivity contribution in [2.75, 3.05) is 5.73 Å². The first-order valence-electron chi connectivity index (χ1n) is 5.65. The molecule has 0 radical (unpaired) electrons. The van der Waals surface area contributed by atoms with E-state index in [0.29, 0.717) is 11.5 Å². The van der Waals surface area contributed by atoms with E-state index < -0.39 is 0 Å². The zero-order valence-electron chi connectivity index (χ0n) is 9.53. The molecule has 0 unspecified atom stereocenters. The zero-order valence-corrected chi connectivity index (χ0v) is 9.53. The van der Waals surface area contributed by atoms with Crippen LogP contribution in [0.3, 0.4) is 0 Å². The van der Waals surface area contributed by atoms with Crippen molar-refractivity contribution < 1.29 is 0 Å². The topological polar surface area (TPSA) is 71.8 Å². The fraction of sp³-hybridized carbons (Fsp3) is 0.231.